The number of carbonyl (C=O) groups excluding carboxylic acids is 3. The molecule has 0 spiro atoms. The van der Waals surface area contributed by atoms with Gasteiger partial charge < -0.3 is 16.4 Å². The monoisotopic (exact) mass is 502 g/mol. The van der Waals surface area contributed by atoms with Crippen LogP contribution in [0.3, 0.4) is 0 Å². The maximum atomic E-state index is 15.2. The van der Waals surface area contributed by atoms with Crippen molar-refractivity contribution in [2.45, 2.75) is 37.4 Å². The van der Waals surface area contributed by atoms with E-state index in [1.54, 1.807) is 30.3 Å². The molecule has 2 atom stereocenters. The molecule has 1 aliphatic rings. The number of primary amides is 1. The van der Waals surface area contributed by atoms with Crippen molar-refractivity contribution in [3.63, 3.8) is 0 Å². The first-order valence-corrected chi connectivity index (χ1v) is 11.5. The molecule has 35 heavy (non-hydrogen) atoms. The van der Waals surface area contributed by atoms with Gasteiger partial charge in [-0.05, 0) is 29.7 Å². The van der Waals surface area contributed by atoms with Crippen molar-refractivity contribution in [2.75, 3.05) is 13.1 Å². The number of aryl methyl sites for hydroxylation is 1. The van der Waals surface area contributed by atoms with E-state index in [9.17, 15) is 18.8 Å². The molecule has 1 saturated heterocycles. The number of alkyl halides is 1. The molecule has 10 heteroatoms. The zero-order valence-electron chi connectivity index (χ0n) is 18.8. The number of likely N-dealkylation sites (tertiary alicyclic amines) is 1. The van der Waals surface area contributed by atoms with Crippen LogP contribution in [0.4, 0.5) is 13.6 Å². The van der Waals surface area contributed by atoms with Crippen LogP contribution in [0, 0.1) is 5.82 Å². The minimum Gasteiger partial charge on any atom is -0.351 e. The highest BCUT2D eigenvalue weighted by Crippen LogP contribution is 2.33. The van der Waals surface area contributed by atoms with E-state index in [0.29, 0.717) is 16.5 Å². The highest BCUT2D eigenvalue weighted by atomic mass is 35.5. The summed E-state index contributed by atoms with van der Waals surface area (Å²) in [4.78, 5) is 39.4. The predicted molar refractivity (Wildman–Crippen MR) is 128 cm³/mol. The lowest BCUT2D eigenvalue weighted by molar-refractivity contribution is -0.137. The van der Waals surface area contributed by atoms with Gasteiger partial charge >= 0.3 is 6.03 Å². The molecule has 184 valence electrons. The van der Waals surface area contributed by atoms with E-state index in [2.05, 4.69) is 0 Å². The standard InChI is InChI=1S/C25H25ClF2N4O3/c26-18-6-3-4-15(23(18)27)8-9-21(33)20-11-25(28,13-29)14-32(20)22(34)10-16-12-31(24(30)35)19-7-2-1-5-17(16)19/h1-7,12,20H,8-11,13-14,29H2,(H2,30,35)/t20-,25-/m0/s1. The quantitative estimate of drug-likeness (QED) is 0.516. The largest absolute Gasteiger partial charge is 0.351 e. The molecule has 4 N–H and O–H groups in total. The summed E-state index contributed by atoms with van der Waals surface area (Å²) in [5, 5.41) is 0.608. The molecule has 4 rings (SSSR count). The van der Waals surface area contributed by atoms with Gasteiger partial charge in [-0.1, -0.05) is 41.9 Å². The Labute approximate surface area is 205 Å². The van der Waals surface area contributed by atoms with Gasteiger partial charge in [-0.15, -0.1) is 0 Å². The first-order valence-electron chi connectivity index (χ1n) is 11.2. The third kappa shape index (κ3) is 4.92. The number of para-hydroxylation sites is 1. The van der Waals surface area contributed by atoms with Gasteiger partial charge in [0.15, 0.2) is 5.78 Å². The molecule has 0 saturated carbocycles. The maximum Gasteiger partial charge on any atom is 0.323 e. The average Bonchev–Trinajstić information content (AvgIpc) is 3.39. The number of rotatable bonds is 7. The summed E-state index contributed by atoms with van der Waals surface area (Å²) in [7, 11) is 0. The number of amides is 2. The summed E-state index contributed by atoms with van der Waals surface area (Å²) in [5.41, 5.74) is 10.5. The van der Waals surface area contributed by atoms with Crippen LogP contribution in [0.15, 0.2) is 48.7 Å². The van der Waals surface area contributed by atoms with Crippen molar-refractivity contribution >= 4 is 40.2 Å². The Morgan fingerprint density at radius 1 is 1.11 bits per heavy atom. The van der Waals surface area contributed by atoms with Crippen molar-refractivity contribution in [3.05, 3.63) is 70.6 Å². The van der Waals surface area contributed by atoms with Crippen LogP contribution in [0.25, 0.3) is 10.9 Å². The minimum atomic E-state index is -1.90. The van der Waals surface area contributed by atoms with E-state index in [1.165, 1.54) is 27.8 Å². The van der Waals surface area contributed by atoms with Crippen molar-refractivity contribution in [2.24, 2.45) is 11.5 Å². The second kappa shape index (κ2) is 9.75. The highest BCUT2D eigenvalue weighted by Gasteiger charge is 2.48. The zero-order valence-corrected chi connectivity index (χ0v) is 19.6. The summed E-state index contributed by atoms with van der Waals surface area (Å²) in [5.74, 6) is -1.46. The van der Waals surface area contributed by atoms with Crippen LogP contribution in [0.2, 0.25) is 5.02 Å². The van der Waals surface area contributed by atoms with Gasteiger partial charge in [-0.25, -0.2) is 13.6 Å². The summed E-state index contributed by atoms with van der Waals surface area (Å²) in [6, 6.07) is 9.75. The Bertz CT molecular complexity index is 1310. The first-order chi connectivity index (χ1) is 16.6. The number of aromatic nitrogens is 1. The van der Waals surface area contributed by atoms with Crippen molar-refractivity contribution in [1.82, 2.24) is 9.47 Å². The molecule has 0 radical (unpaired) electrons. The summed E-state index contributed by atoms with van der Waals surface area (Å²) >= 11 is 5.81. The van der Waals surface area contributed by atoms with Gasteiger partial charge in [0, 0.05) is 31.0 Å². The predicted octanol–water partition coefficient (Wildman–Crippen LogP) is 3.37. The SMILES string of the molecule is NC[C@@]1(F)C[C@@H](C(=O)CCc2cccc(Cl)c2F)N(C(=O)Cc2cn(C(N)=O)c3ccccc23)C1. The van der Waals surface area contributed by atoms with Gasteiger partial charge in [-0.2, -0.15) is 0 Å². The molecule has 7 nitrogen and oxygen atoms in total. The molecule has 2 aromatic carbocycles. The number of hydrogen-bond donors (Lipinski definition) is 2. The second-order valence-corrected chi connectivity index (χ2v) is 9.24. The van der Waals surface area contributed by atoms with Gasteiger partial charge in [0.25, 0.3) is 0 Å². The molecule has 1 aromatic heterocycles. The number of Topliss-reactive ketones (excluding diaryl/α,β-unsaturated/α-hetero) is 1. The summed E-state index contributed by atoms with van der Waals surface area (Å²) in [6.07, 6.45) is 1.07. The number of benzene rings is 2. The Morgan fingerprint density at radius 3 is 2.57 bits per heavy atom. The van der Waals surface area contributed by atoms with E-state index in [0.717, 1.165) is 0 Å². The topological polar surface area (TPSA) is 111 Å². The van der Waals surface area contributed by atoms with Crippen LogP contribution < -0.4 is 11.5 Å². The zero-order chi connectivity index (χ0) is 25.3. The van der Waals surface area contributed by atoms with Crippen molar-refractivity contribution in [3.8, 4) is 0 Å². The number of carbonyl (C=O) groups is 3. The lowest BCUT2D eigenvalue weighted by Crippen LogP contribution is -2.42. The van der Waals surface area contributed by atoms with Crippen LogP contribution in [0.5, 0.6) is 0 Å². The van der Waals surface area contributed by atoms with Crippen molar-refractivity contribution < 1.29 is 23.2 Å². The van der Waals surface area contributed by atoms with Gasteiger partial charge in [0.2, 0.25) is 5.91 Å². The van der Waals surface area contributed by atoms with Gasteiger partial charge in [0.05, 0.1) is 29.5 Å². The highest BCUT2D eigenvalue weighted by molar-refractivity contribution is 6.30. The third-order valence-electron chi connectivity index (χ3n) is 6.49. The van der Waals surface area contributed by atoms with E-state index in [1.807, 2.05) is 0 Å². The fourth-order valence-corrected chi connectivity index (χ4v) is 4.83. The molecule has 2 amide bonds. The van der Waals surface area contributed by atoms with Gasteiger partial charge in [-0.3, -0.25) is 14.2 Å². The summed E-state index contributed by atoms with van der Waals surface area (Å²) in [6.45, 7) is -0.664. The molecular formula is C25H25ClF2N4O3. The molecule has 1 fully saturated rings. The van der Waals surface area contributed by atoms with Crippen LogP contribution in [-0.4, -0.2) is 52.0 Å². The Hall–Kier alpha value is -3.30. The third-order valence-corrected chi connectivity index (χ3v) is 6.78. The second-order valence-electron chi connectivity index (χ2n) is 8.83. The molecule has 3 aromatic rings. The number of hydrogen-bond acceptors (Lipinski definition) is 4. The first kappa shape index (κ1) is 24.8. The summed E-state index contributed by atoms with van der Waals surface area (Å²) < 4.78 is 30.7. The van der Waals surface area contributed by atoms with E-state index in [-0.39, 0.29) is 55.1 Å². The normalized spacial score (nSPS) is 19.9. The lowest BCUT2D eigenvalue weighted by Gasteiger charge is -2.23. The number of fused-ring (bicyclic) bond motifs is 1. The molecule has 0 unspecified atom stereocenters. The fraction of sp³-hybridized carbons (Fsp3) is 0.320. The number of nitrogens with zero attached hydrogens (tertiary/aromatic N) is 2. The molecular weight excluding hydrogens is 478 g/mol. The number of nitrogens with two attached hydrogens (primary N) is 2. The average molecular weight is 503 g/mol. The van der Waals surface area contributed by atoms with Crippen LogP contribution >= 0.6 is 11.6 Å². The maximum absolute atomic E-state index is 15.2. The minimum absolute atomic E-state index is 0.0475. The smallest absolute Gasteiger partial charge is 0.323 e. The Kier molecular flexibility index (Phi) is 6.91. The molecule has 1 aliphatic heterocycles. The Balaban J connectivity index is 1.55. The molecule has 0 aliphatic carbocycles. The molecule has 2 heterocycles. The van der Waals surface area contributed by atoms with Crippen LogP contribution in [0.1, 0.15) is 24.0 Å². The number of ketones is 1. The lowest BCUT2D eigenvalue weighted by atomic mass is 9.97. The van der Waals surface area contributed by atoms with Gasteiger partial charge in [0.1, 0.15) is 11.5 Å². The van der Waals surface area contributed by atoms with Crippen molar-refractivity contribution in [1.29, 1.82) is 0 Å². The molecule has 0 bridgehead atoms. The number of halogens is 3. The van der Waals surface area contributed by atoms with Crippen LogP contribution in [-0.2, 0) is 22.4 Å². The Morgan fingerprint density at radius 2 is 1.86 bits per heavy atom. The fourth-order valence-electron chi connectivity index (χ4n) is 4.64. The van der Waals surface area contributed by atoms with E-state index in [4.69, 9.17) is 23.1 Å². The van der Waals surface area contributed by atoms with E-state index < -0.39 is 29.5 Å². The van der Waals surface area contributed by atoms with E-state index >= 15 is 4.39 Å².